The largest absolute Gasteiger partial charge is 0.389 e. The van der Waals surface area contributed by atoms with Gasteiger partial charge < -0.3 is 5.73 Å². The molecule has 106 valence electrons. The van der Waals surface area contributed by atoms with Crippen molar-refractivity contribution < 1.29 is 8.42 Å². The summed E-state index contributed by atoms with van der Waals surface area (Å²) >= 11 is 8.23. The zero-order valence-electron chi connectivity index (χ0n) is 11.0. The average Bonchev–Trinajstić information content (AvgIpc) is 2.16. The molecule has 0 saturated heterocycles. The minimum absolute atomic E-state index is 0.0207. The first-order valence-corrected chi connectivity index (χ1v) is 8.45. The molecule has 7 heteroatoms. The summed E-state index contributed by atoms with van der Waals surface area (Å²) in [6.45, 7) is 5.59. The van der Waals surface area contributed by atoms with Gasteiger partial charge in [0.25, 0.3) is 0 Å². The number of halogens is 1. The molecular formula is C12H17BrN2O2S2. The van der Waals surface area contributed by atoms with Gasteiger partial charge in [-0.05, 0) is 23.6 Å². The van der Waals surface area contributed by atoms with E-state index in [4.69, 9.17) is 18.0 Å². The Labute approximate surface area is 127 Å². The highest BCUT2D eigenvalue weighted by atomic mass is 79.9. The summed E-state index contributed by atoms with van der Waals surface area (Å²) in [5, 5.41) is 0. The molecule has 0 heterocycles. The molecular weight excluding hydrogens is 348 g/mol. The third-order valence-corrected chi connectivity index (χ3v) is 4.63. The van der Waals surface area contributed by atoms with Crippen molar-refractivity contribution >= 4 is 48.8 Å². The Morgan fingerprint density at radius 3 is 2.47 bits per heavy atom. The summed E-state index contributed by atoms with van der Waals surface area (Å²) in [5.74, 6) is 0.0207. The van der Waals surface area contributed by atoms with E-state index in [1.54, 1.807) is 18.2 Å². The Bertz CT molecular complexity index is 592. The molecule has 0 aliphatic heterocycles. The molecule has 0 saturated carbocycles. The van der Waals surface area contributed by atoms with Crippen LogP contribution in [0.25, 0.3) is 0 Å². The fraction of sp³-hybridized carbons (Fsp3) is 0.417. The van der Waals surface area contributed by atoms with Crippen LogP contribution in [0.1, 0.15) is 26.3 Å². The van der Waals surface area contributed by atoms with Crippen LogP contribution in [-0.2, 0) is 10.0 Å². The van der Waals surface area contributed by atoms with E-state index in [0.29, 0.717) is 11.3 Å². The first kappa shape index (κ1) is 16.4. The molecule has 3 N–H and O–H groups in total. The SMILES string of the molecule is CC(C)(C)CS(=O)(=O)Nc1ccc(Br)cc1C(N)=S. The van der Waals surface area contributed by atoms with Crippen LogP contribution in [0, 0.1) is 5.41 Å². The van der Waals surface area contributed by atoms with E-state index in [9.17, 15) is 8.42 Å². The maximum Gasteiger partial charge on any atom is 0.233 e. The predicted octanol–water partition coefficient (Wildman–Crippen LogP) is 2.87. The summed E-state index contributed by atoms with van der Waals surface area (Å²) in [6.07, 6.45) is 0. The summed E-state index contributed by atoms with van der Waals surface area (Å²) in [7, 11) is -3.44. The Kier molecular flexibility index (Phi) is 4.97. The van der Waals surface area contributed by atoms with Gasteiger partial charge in [0.1, 0.15) is 4.99 Å². The molecule has 0 fully saturated rings. The van der Waals surface area contributed by atoms with Crippen LogP contribution in [0.5, 0.6) is 0 Å². The molecule has 0 atom stereocenters. The summed E-state index contributed by atoms with van der Waals surface area (Å²) in [6, 6.07) is 5.06. The molecule has 0 radical (unpaired) electrons. The van der Waals surface area contributed by atoms with E-state index >= 15 is 0 Å². The molecule has 1 aromatic carbocycles. The van der Waals surface area contributed by atoms with Gasteiger partial charge in [0, 0.05) is 10.0 Å². The first-order valence-electron chi connectivity index (χ1n) is 5.60. The molecule has 1 rings (SSSR count). The zero-order valence-corrected chi connectivity index (χ0v) is 14.2. The zero-order chi connectivity index (χ0) is 14.8. The second kappa shape index (κ2) is 5.76. The Morgan fingerprint density at radius 1 is 1.42 bits per heavy atom. The lowest BCUT2D eigenvalue weighted by molar-refractivity contribution is 0.463. The van der Waals surface area contributed by atoms with Crippen molar-refractivity contribution in [2.24, 2.45) is 11.1 Å². The molecule has 0 aliphatic carbocycles. The highest BCUT2D eigenvalue weighted by Gasteiger charge is 2.22. The average molecular weight is 365 g/mol. The van der Waals surface area contributed by atoms with Gasteiger partial charge in [-0.25, -0.2) is 8.42 Å². The minimum atomic E-state index is -3.44. The Hall–Kier alpha value is -0.660. The molecule has 0 aliphatic rings. The number of nitrogens with one attached hydrogen (secondary N) is 1. The minimum Gasteiger partial charge on any atom is -0.389 e. The first-order chi connectivity index (χ1) is 8.50. The van der Waals surface area contributed by atoms with E-state index in [1.165, 1.54) is 0 Å². The number of thiocarbonyl (C=S) groups is 1. The number of benzene rings is 1. The number of nitrogens with two attached hydrogens (primary N) is 1. The molecule has 0 aromatic heterocycles. The number of anilines is 1. The van der Waals surface area contributed by atoms with Gasteiger partial charge in [0.15, 0.2) is 0 Å². The second-order valence-electron chi connectivity index (χ2n) is 5.48. The molecule has 0 spiro atoms. The number of sulfonamides is 1. The van der Waals surface area contributed by atoms with Gasteiger partial charge in [0.05, 0.1) is 11.4 Å². The topological polar surface area (TPSA) is 72.2 Å². The van der Waals surface area contributed by atoms with Crippen molar-refractivity contribution in [2.75, 3.05) is 10.5 Å². The summed E-state index contributed by atoms with van der Waals surface area (Å²) in [4.78, 5) is 0.148. The van der Waals surface area contributed by atoms with Crippen molar-refractivity contribution in [3.8, 4) is 0 Å². The van der Waals surface area contributed by atoms with Crippen LogP contribution in [0.4, 0.5) is 5.69 Å². The van der Waals surface area contributed by atoms with E-state index in [-0.39, 0.29) is 16.2 Å². The van der Waals surface area contributed by atoms with Crippen LogP contribution in [-0.4, -0.2) is 19.2 Å². The molecule has 4 nitrogen and oxygen atoms in total. The standard InChI is InChI=1S/C12H17BrN2O2S2/c1-12(2,3)7-19(16,17)15-10-5-4-8(13)6-9(10)11(14)18/h4-6,15H,7H2,1-3H3,(H2,14,18). The predicted molar refractivity (Wildman–Crippen MR) is 86.9 cm³/mol. The van der Waals surface area contributed by atoms with Crippen LogP contribution < -0.4 is 10.5 Å². The second-order valence-corrected chi connectivity index (χ2v) is 8.55. The molecule has 0 amide bonds. The Morgan fingerprint density at radius 2 is 2.00 bits per heavy atom. The maximum atomic E-state index is 12.1. The summed E-state index contributed by atoms with van der Waals surface area (Å²) in [5.41, 5.74) is 6.18. The lowest BCUT2D eigenvalue weighted by Crippen LogP contribution is -2.27. The lowest BCUT2D eigenvalue weighted by Gasteiger charge is -2.19. The van der Waals surface area contributed by atoms with Crippen molar-refractivity contribution in [2.45, 2.75) is 20.8 Å². The van der Waals surface area contributed by atoms with Gasteiger partial charge in [-0.3, -0.25) is 4.72 Å². The van der Waals surface area contributed by atoms with Gasteiger partial charge in [-0.1, -0.05) is 48.9 Å². The lowest BCUT2D eigenvalue weighted by atomic mass is 10.0. The van der Waals surface area contributed by atoms with Crippen LogP contribution in [0.15, 0.2) is 22.7 Å². The van der Waals surface area contributed by atoms with Crippen molar-refractivity contribution in [3.63, 3.8) is 0 Å². The van der Waals surface area contributed by atoms with Crippen LogP contribution in [0.2, 0.25) is 0 Å². The number of rotatable bonds is 4. The summed E-state index contributed by atoms with van der Waals surface area (Å²) < 4.78 is 27.5. The van der Waals surface area contributed by atoms with Crippen LogP contribution in [0.3, 0.4) is 0 Å². The monoisotopic (exact) mass is 364 g/mol. The quantitative estimate of drug-likeness (QED) is 0.805. The molecule has 1 aromatic rings. The molecule has 0 bridgehead atoms. The van der Waals surface area contributed by atoms with Crippen molar-refractivity contribution in [1.29, 1.82) is 0 Å². The van der Waals surface area contributed by atoms with Gasteiger partial charge >= 0.3 is 0 Å². The van der Waals surface area contributed by atoms with E-state index in [2.05, 4.69) is 20.7 Å². The molecule has 19 heavy (non-hydrogen) atoms. The van der Waals surface area contributed by atoms with Crippen molar-refractivity contribution in [1.82, 2.24) is 0 Å². The Balaban J connectivity index is 3.10. The van der Waals surface area contributed by atoms with Crippen LogP contribution >= 0.6 is 28.1 Å². The normalized spacial score (nSPS) is 12.2. The van der Waals surface area contributed by atoms with Gasteiger partial charge in [-0.15, -0.1) is 0 Å². The number of hydrogen-bond donors (Lipinski definition) is 2. The number of hydrogen-bond acceptors (Lipinski definition) is 3. The molecule has 0 unspecified atom stereocenters. The van der Waals surface area contributed by atoms with Gasteiger partial charge in [0.2, 0.25) is 10.0 Å². The van der Waals surface area contributed by atoms with Crippen molar-refractivity contribution in [3.05, 3.63) is 28.2 Å². The fourth-order valence-electron chi connectivity index (χ4n) is 1.58. The van der Waals surface area contributed by atoms with Gasteiger partial charge in [-0.2, -0.15) is 0 Å². The highest BCUT2D eigenvalue weighted by molar-refractivity contribution is 9.10. The third kappa shape index (κ3) is 5.46. The third-order valence-electron chi connectivity index (χ3n) is 2.14. The van der Waals surface area contributed by atoms with E-state index in [1.807, 2.05) is 20.8 Å². The fourth-order valence-corrected chi connectivity index (χ4v) is 3.84. The smallest absolute Gasteiger partial charge is 0.233 e. The maximum absolute atomic E-state index is 12.1. The van der Waals surface area contributed by atoms with E-state index in [0.717, 1.165) is 4.47 Å². The highest BCUT2D eigenvalue weighted by Crippen LogP contribution is 2.24. The van der Waals surface area contributed by atoms with E-state index < -0.39 is 10.0 Å².